The van der Waals surface area contributed by atoms with E-state index in [1.807, 2.05) is 32.2 Å². The quantitative estimate of drug-likeness (QED) is 0.761. The molecule has 1 aromatic heterocycles. The molecular formula is C18H21N5O3. The van der Waals surface area contributed by atoms with Crippen molar-refractivity contribution >= 4 is 34.3 Å². The number of nitrogens with zero attached hydrogens (tertiary/aromatic N) is 3. The Hall–Kier alpha value is -2.74. The number of benzene rings is 1. The number of aryl methyl sites for hydroxylation is 1. The summed E-state index contributed by atoms with van der Waals surface area (Å²) in [5.41, 5.74) is 2.37. The Bertz CT molecular complexity index is 919. The van der Waals surface area contributed by atoms with Crippen LogP contribution in [0.25, 0.3) is 10.9 Å². The van der Waals surface area contributed by atoms with Crippen LogP contribution in [0.15, 0.2) is 18.2 Å². The van der Waals surface area contributed by atoms with Crippen LogP contribution in [0.2, 0.25) is 0 Å². The van der Waals surface area contributed by atoms with Crippen molar-refractivity contribution in [2.45, 2.75) is 31.7 Å². The first-order valence-corrected chi connectivity index (χ1v) is 8.79. The lowest BCUT2D eigenvalue weighted by Gasteiger charge is -2.34. The Morgan fingerprint density at radius 1 is 1.23 bits per heavy atom. The van der Waals surface area contributed by atoms with Crippen LogP contribution in [-0.4, -0.2) is 46.6 Å². The molecule has 0 radical (unpaired) electrons. The number of anilines is 1. The zero-order valence-electron chi connectivity index (χ0n) is 14.8. The van der Waals surface area contributed by atoms with Crippen molar-refractivity contribution in [3.63, 3.8) is 0 Å². The van der Waals surface area contributed by atoms with Crippen molar-refractivity contribution in [1.29, 1.82) is 0 Å². The molecule has 2 aromatic rings. The van der Waals surface area contributed by atoms with Crippen LogP contribution in [-0.2, 0) is 21.4 Å². The van der Waals surface area contributed by atoms with Crippen molar-refractivity contribution in [3.05, 3.63) is 23.9 Å². The van der Waals surface area contributed by atoms with Crippen molar-refractivity contribution in [3.8, 4) is 0 Å². The van der Waals surface area contributed by atoms with E-state index < -0.39 is 5.92 Å². The first kappa shape index (κ1) is 16.7. The van der Waals surface area contributed by atoms with Crippen LogP contribution < -0.4 is 15.5 Å². The predicted octanol–water partition coefficient (Wildman–Crippen LogP) is 0.418. The summed E-state index contributed by atoms with van der Waals surface area (Å²) in [7, 11) is 1.82. The third kappa shape index (κ3) is 2.66. The fourth-order valence-electron chi connectivity index (χ4n) is 3.84. The molecule has 2 aliphatic rings. The minimum absolute atomic E-state index is 0.0377. The molecule has 1 aromatic carbocycles. The van der Waals surface area contributed by atoms with Gasteiger partial charge in [0.25, 0.3) is 0 Å². The van der Waals surface area contributed by atoms with Gasteiger partial charge in [0.15, 0.2) is 0 Å². The molecule has 8 nitrogen and oxygen atoms in total. The number of piperidine rings is 1. The lowest BCUT2D eigenvalue weighted by Crippen LogP contribution is -2.53. The predicted molar refractivity (Wildman–Crippen MR) is 95.7 cm³/mol. The van der Waals surface area contributed by atoms with E-state index in [0.29, 0.717) is 25.1 Å². The molecule has 3 amide bonds. The number of hydrogen-bond donors (Lipinski definition) is 2. The van der Waals surface area contributed by atoms with E-state index >= 15 is 0 Å². The smallest absolute Gasteiger partial charge is 0.241 e. The van der Waals surface area contributed by atoms with Gasteiger partial charge in [0.05, 0.1) is 23.7 Å². The van der Waals surface area contributed by atoms with E-state index in [1.165, 1.54) is 0 Å². The fourth-order valence-corrected chi connectivity index (χ4v) is 3.84. The number of hydrogen-bond acceptors (Lipinski definition) is 5. The number of imide groups is 1. The Balaban J connectivity index is 1.74. The number of piperazine rings is 1. The van der Waals surface area contributed by atoms with E-state index in [4.69, 9.17) is 0 Å². The molecule has 2 aliphatic heterocycles. The number of nitrogens with one attached hydrogen (secondary N) is 2. The summed E-state index contributed by atoms with van der Waals surface area (Å²) in [5.74, 6) is -0.922. The molecule has 8 heteroatoms. The molecule has 0 aliphatic carbocycles. The summed E-state index contributed by atoms with van der Waals surface area (Å²) in [6.07, 6.45) is 0.783. The zero-order chi connectivity index (χ0) is 18.4. The topological polar surface area (TPSA) is 96.3 Å². The normalized spacial score (nSPS) is 24.2. The molecule has 2 atom stereocenters. The van der Waals surface area contributed by atoms with Gasteiger partial charge < -0.3 is 10.2 Å². The molecular weight excluding hydrogens is 334 g/mol. The van der Waals surface area contributed by atoms with Gasteiger partial charge in [-0.05, 0) is 31.5 Å². The second-order valence-electron chi connectivity index (χ2n) is 6.96. The largest absolute Gasteiger partial charge is 0.307 e. The van der Waals surface area contributed by atoms with Crippen LogP contribution in [0.5, 0.6) is 0 Å². The third-order valence-electron chi connectivity index (χ3n) is 5.14. The summed E-state index contributed by atoms with van der Waals surface area (Å²) < 4.78 is 1.73. The summed E-state index contributed by atoms with van der Waals surface area (Å²) in [5, 5.41) is 10.9. The molecule has 2 fully saturated rings. The van der Waals surface area contributed by atoms with Crippen LogP contribution >= 0.6 is 0 Å². The summed E-state index contributed by atoms with van der Waals surface area (Å²) in [6, 6.07) is 5.83. The Kier molecular flexibility index (Phi) is 3.99. The second kappa shape index (κ2) is 6.21. The van der Waals surface area contributed by atoms with Gasteiger partial charge in [0, 0.05) is 37.1 Å². The van der Waals surface area contributed by atoms with Gasteiger partial charge in [-0.25, -0.2) is 0 Å². The molecule has 0 bridgehead atoms. The van der Waals surface area contributed by atoms with Gasteiger partial charge >= 0.3 is 0 Å². The van der Waals surface area contributed by atoms with E-state index in [9.17, 15) is 14.4 Å². The maximum absolute atomic E-state index is 12.3. The highest BCUT2D eigenvalue weighted by molar-refractivity contribution is 6.03. The standard InChI is InChI=1S/C18H21N5O3/c1-10-8-19-9-16(25)23(10)11-3-4-12-14(7-11)22(2)21-17(12)13-5-6-15(24)20-18(13)26/h3-4,7,10,13,19H,5-6,8-9H2,1-2H3,(H,20,24,26). The van der Waals surface area contributed by atoms with Crippen molar-refractivity contribution in [1.82, 2.24) is 20.4 Å². The van der Waals surface area contributed by atoms with E-state index in [1.54, 1.807) is 9.58 Å². The molecule has 4 rings (SSSR count). The second-order valence-corrected chi connectivity index (χ2v) is 6.96. The van der Waals surface area contributed by atoms with Gasteiger partial charge in [-0.2, -0.15) is 5.10 Å². The van der Waals surface area contributed by atoms with Gasteiger partial charge in [0.1, 0.15) is 0 Å². The van der Waals surface area contributed by atoms with E-state index in [-0.39, 0.29) is 23.8 Å². The molecule has 0 spiro atoms. The summed E-state index contributed by atoms with van der Waals surface area (Å²) in [4.78, 5) is 37.7. The maximum Gasteiger partial charge on any atom is 0.241 e. The van der Waals surface area contributed by atoms with Crippen LogP contribution in [0.1, 0.15) is 31.4 Å². The van der Waals surface area contributed by atoms with Gasteiger partial charge in [-0.3, -0.25) is 24.4 Å². The third-order valence-corrected chi connectivity index (χ3v) is 5.14. The summed E-state index contributed by atoms with van der Waals surface area (Å²) >= 11 is 0. The molecule has 2 saturated heterocycles. The number of amides is 3. The number of rotatable bonds is 2. The highest BCUT2D eigenvalue weighted by atomic mass is 16.2. The Labute approximate surface area is 150 Å². The minimum atomic E-state index is -0.429. The fraction of sp³-hybridized carbons (Fsp3) is 0.444. The molecule has 2 N–H and O–H groups in total. The molecule has 136 valence electrons. The molecule has 3 heterocycles. The zero-order valence-corrected chi connectivity index (χ0v) is 14.8. The number of carbonyl (C=O) groups is 3. The lowest BCUT2D eigenvalue weighted by molar-refractivity contribution is -0.134. The van der Waals surface area contributed by atoms with Crippen molar-refractivity contribution in [2.75, 3.05) is 18.0 Å². The highest BCUT2D eigenvalue weighted by Crippen LogP contribution is 2.32. The highest BCUT2D eigenvalue weighted by Gasteiger charge is 2.32. The van der Waals surface area contributed by atoms with Crippen molar-refractivity contribution < 1.29 is 14.4 Å². The Morgan fingerprint density at radius 2 is 2.04 bits per heavy atom. The van der Waals surface area contributed by atoms with E-state index in [0.717, 1.165) is 23.1 Å². The van der Waals surface area contributed by atoms with E-state index in [2.05, 4.69) is 15.7 Å². The monoisotopic (exact) mass is 355 g/mol. The van der Waals surface area contributed by atoms with Gasteiger partial charge in [-0.15, -0.1) is 0 Å². The molecule has 26 heavy (non-hydrogen) atoms. The first-order valence-electron chi connectivity index (χ1n) is 8.79. The Morgan fingerprint density at radius 3 is 2.77 bits per heavy atom. The van der Waals surface area contributed by atoms with Crippen LogP contribution in [0.4, 0.5) is 5.69 Å². The number of carbonyl (C=O) groups excluding carboxylic acids is 3. The first-order chi connectivity index (χ1) is 12.5. The van der Waals surface area contributed by atoms with Crippen molar-refractivity contribution in [2.24, 2.45) is 7.05 Å². The van der Waals surface area contributed by atoms with Gasteiger partial charge in [0.2, 0.25) is 17.7 Å². The maximum atomic E-state index is 12.3. The van der Waals surface area contributed by atoms with Gasteiger partial charge in [-0.1, -0.05) is 0 Å². The summed E-state index contributed by atoms with van der Waals surface area (Å²) in [6.45, 7) is 3.08. The minimum Gasteiger partial charge on any atom is -0.307 e. The number of fused-ring (bicyclic) bond motifs is 1. The SMILES string of the molecule is CC1CNCC(=O)N1c1ccc2c(C3CCC(=O)NC3=O)nn(C)c2c1. The average Bonchev–Trinajstić information content (AvgIpc) is 2.91. The lowest BCUT2D eigenvalue weighted by atomic mass is 9.92. The van der Waals surface area contributed by atoms with Crippen LogP contribution in [0.3, 0.4) is 0 Å². The molecule has 2 unspecified atom stereocenters. The number of aromatic nitrogens is 2. The van der Waals surface area contributed by atoms with Crippen LogP contribution in [0, 0.1) is 0 Å². The average molecular weight is 355 g/mol. The molecule has 0 saturated carbocycles.